The molecule has 6 nitrogen and oxygen atoms in total. The molecule has 1 saturated carbocycles. The fraction of sp³-hybridized carbons (Fsp3) is 0.556. The van der Waals surface area contributed by atoms with Crippen LogP contribution in [0, 0.1) is 6.92 Å². The molecule has 1 N–H and O–H groups in total. The van der Waals surface area contributed by atoms with Gasteiger partial charge in [0, 0.05) is 23.5 Å². The zero-order chi connectivity index (χ0) is 24.7. The van der Waals surface area contributed by atoms with Crippen LogP contribution in [0.3, 0.4) is 0 Å². The van der Waals surface area contributed by atoms with Gasteiger partial charge in [0.05, 0.1) is 10.9 Å². The van der Waals surface area contributed by atoms with Crippen molar-refractivity contribution in [2.75, 3.05) is 27.2 Å². The number of likely N-dealkylation sites (tertiary alicyclic amines) is 1. The lowest BCUT2D eigenvalue weighted by atomic mass is 9.71. The van der Waals surface area contributed by atoms with E-state index in [1.54, 1.807) is 11.3 Å². The van der Waals surface area contributed by atoms with Gasteiger partial charge in [0.15, 0.2) is 0 Å². The van der Waals surface area contributed by atoms with Gasteiger partial charge in [-0.05, 0) is 90.2 Å². The van der Waals surface area contributed by atoms with E-state index in [1.165, 1.54) is 24.8 Å². The van der Waals surface area contributed by atoms with Crippen molar-refractivity contribution in [2.24, 2.45) is 0 Å². The molecular weight excluding hydrogens is 446 g/mol. The SMILES string of the molecule is Cc1cc(-c2ccc(C3(N(C)C)CCC3)cc2)sc1C(=O)N1CC[C@H](NC(=O)OC(C)(C)C)C1. The number of amides is 2. The van der Waals surface area contributed by atoms with Crippen molar-refractivity contribution in [1.29, 1.82) is 0 Å². The summed E-state index contributed by atoms with van der Waals surface area (Å²) in [6.07, 6.45) is 3.99. The molecule has 2 fully saturated rings. The Labute approximate surface area is 207 Å². The lowest BCUT2D eigenvalue weighted by Crippen LogP contribution is -2.47. The molecule has 2 heterocycles. The van der Waals surface area contributed by atoms with Crippen molar-refractivity contribution in [3.8, 4) is 10.4 Å². The molecule has 2 aliphatic rings. The standard InChI is InChI=1S/C27H37N3O3S/c1-18-16-22(19-8-10-20(11-9-19)27(29(5)6)13-7-14-27)34-23(18)24(31)30-15-12-21(17-30)28-25(32)33-26(2,3)4/h8-11,16,21H,7,12-15,17H2,1-6H3,(H,28,32)/t21-/m0/s1. The number of hydrogen-bond donors (Lipinski definition) is 1. The Hall–Kier alpha value is -2.38. The predicted molar refractivity (Wildman–Crippen MR) is 137 cm³/mol. The van der Waals surface area contributed by atoms with Gasteiger partial charge in [-0.25, -0.2) is 4.79 Å². The van der Waals surface area contributed by atoms with Crippen LogP contribution in [0.2, 0.25) is 0 Å². The first-order valence-corrected chi connectivity index (χ1v) is 13.0. The summed E-state index contributed by atoms with van der Waals surface area (Å²) >= 11 is 1.56. The second-order valence-electron chi connectivity index (χ2n) is 10.9. The van der Waals surface area contributed by atoms with Crippen molar-refractivity contribution in [2.45, 2.75) is 70.6 Å². The maximum atomic E-state index is 13.3. The van der Waals surface area contributed by atoms with Gasteiger partial charge in [-0.2, -0.15) is 0 Å². The highest BCUT2D eigenvalue weighted by atomic mass is 32.1. The van der Waals surface area contributed by atoms with Gasteiger partial charge in [0.25, 0.3) is 5.91 Å². The highest BCUT2D eigenvalue weighted by molar-refractivity contribution is 7.17. The molecule has 2 aromatic rings. The molecule has 0 bridgehead atoms. The van der Waals surface area contributed by atoms with Gasteiger partial charge in [-0.15, -0.1) is 11.3 Å². The molecule has 1 aliphatic carbocycles. The zero-order valence-corrected chi connectivity index (χ0v) is 22.1. The average molecular weight is 484 g/mol. The largest absolute Gasteiger partial charge is 0.444 e. The fourth-order valence-electron chi connectivity index (χ4n) is 4.97. The Morgan fingerprint density at radius 3 is 2.41 bits per heavy atom. The molecule has 0 unspecified atom stereocenters. The first kappa shape index (κ1) is 24.7. The molecule has 4 rings (SSSR count). The van der Waals surface area contributed by atoms with E-state index in [-0.39, 0.29) is 17.5 Å². The topological polar surface area (TPSA) is 61.9 Å². The number of carbonyl (C=O) groups is 2. The first-order valence-electron chi connectivity index (χ1n) is 12.2. The Balaban J connectivity index is 1.42. The van der Waals surface area contributed by atoms with Gasteiger partial charge in [-0.1, -0.05) is 24.3 Å². The number of alkyl carbamates (subject to hydrolysis) is 1. The number of hydrogen-bond acceptors (Lipinski definition) is 5. The smallest absolute Gasteiger partial charge is 0.407 e. The van der Waals surface area contributed by atoms with Gasteiger partial charge in [-0.3, -0.25) is 9.69 Å². The lowest BCUT2D eigenvalue weighted by Gasteiger charge is -2.48. The highest BCUT2D eigenvalue weighted by Gasteiger charge is 2.40. The van der Waals surface area contributed by atoms with Gasteiger partial charge < -0.3 is 15.0 Å². The molecule has 184 valence electrons. The Bertz CT molecular complexity index is 1050. The molecule has 7 heteroatoms. The van der Waals surface area contributed by atoms with E-state index in [0.717, 1.165) is 27.3 Å². The number of benzene rings is 1. The number of rotatable bonds is 5. The van der Waals surface area contributed by atoms with Gasteiger partial charge >= 0.3 is 6.09 Å². The van der Waals surface area contributed by atoms with Gasteiger partial charge in [0.1, 0.15) is 5.60 Å². The van der Waals surface area contributed by atoms with Crippen LogP contribution in [0.4, 0.5) is 4.79 Å². The molecule has 34 heavy (non-hydrogen) atoms. The third-order valence-corrected chi connectivity index (χ3v) is 8.33. The third-order valence-electron chi connectivity index (χ3n) is 7.05. The Morgan fingerprint density at radius 1 is 1.18 bits per heavy atom. The summed E-state index contributed by atoms with van der Waals surface area (Å²) in [7, 11) is 4.33. The molecule has 1 aliphatic heterocycles. The molecular formula is C27H37N3O3S. The quantitative estimate of drug-likeness (QED) is 0.618. The van der Waals surface area contributed by atoms with Crippen molar-refractivity contribution >= 4 is 23.3 Å². The first-order chi connectivity index (χ1) is 16.0. The number of carbonyl (C=O) groups excluding carboxylic acids is 2. The molecule has 1 aromatic carbocycles. The van der Waals surface area contributed by atoms with E-state index in [9.17, 15) is 9.59 Å². The Kier molecular flexibility index (Phi) is 6.80. The van der Waals surface area contributed by atoms with Gasteiger partial charge in [0.2, 0.25) is 0 Å². The van der Waals surface area contributed by atoms with Crippen molar-refractivity contribution in [3.05, 3.63) is 46.3 Å². The van der Waals surface area contributed by atoms with Crippen LogP contribution < -0.4 is 5.32 Å². The molecule has 0 spiro atoms. The number of nitrogens with one attached hydrogen (secondary N) is 1. The second-order valence-corrected chi connectivity index (χ2v) is 11.9. The van der Waals surface area contributed by atoms with E-state index in [1.807, 2.05) is 32.6 Å². The lowest BCUT2D eigenvalue weighted by molar-refractivity contribution is 0.0502. The second kappa shape index (κ2) is 9.34. The van der Waals surface area contributed by atoms with E-state index >= 15 is 0 Å². The van der Waals surface area contributed by atoms with E-state index in [2.05, 4.69) is 54.6 Å². The fourth-order valence-corrected chi connectivity index (χ4v) is 6.11. The average Bonchev–Trinajstić information content (AvgIpc) is 3.32. The van der Waals surface area contributed by atoms with E-state index in [4.69, 9.17) is 4.74 Å². The molecule has 1 aromatic heterocycles. The normalized spacial score (nSPS) is 19.7. The minimum atomic E-state index is -0.536. The summed E-state index contributed by atoms with van der Waals surface area (Å²) in [6, 6.07) is 10.9. The minimum Gasteiger partial charge on any atom is -0.444 e. The number of nitrogens with zero attached hydrogens (tertiary/aromatic N) is 2. The van der Waals surface area contributed by atoms with Crippen LogP contribution in [0.5, 0.6) is 0 Å². The van der Waals surface area contributed by atoms with Crippen molar-refractivity contribution < 1.29 is 14.3 Å². The molecule has 1 atom stereocenters. The van der Waals surface area contributed by atoms with Crippen molar-refractivity contribution in [1.82, 2.24) is 15.1 Å². The minimum absolute atomic E-state index is 0.0416. The predicted octanol–water partition coefficient (Wildman–Crippen LogP) is 5.40. The summed E-state index contributed by atoms with van der Waals surface area (Å²) in [4.78, 5) is 31.4. The summed E-state index contributed by atoms with van der Waals surface area (Å²) in [5.41, 5.74) is 3.16. The van der Waals surface area contributed by atoms with Crippen LogP contribution in [-0.2, 0) is 10.3 Å². The molecule has 1 saturated heterocycles. The molecule has 0 radical (unpaired) electrons. The Morgan fingerprint density at radius 2 is 1.85 bits per heavy atom. The van der Waals surface area contributed by atoms with Crippen LogP contribution in [0.25, 0.3) is 10.4 Å². The van der Waals surface area contributed by atoms with Crippen LogP contribution in [0.15, 0.2) is 30.3 Å². The summed E-state index contributed by atoms with van der Waals surface area (Å²) in [5, 5.41) is 2.90. The zero-order valence-electron chi connectivity index (χ0n) is 21.2. The van der Waals surface area contributed by atoms with Crippen LogP contribution >= 0.6 is 11.3 Å². The number of aryl methyl sites for hydroxylation is 1. The van der Waals surface area contributed by atoms with E-state index < -0.39 is 11.7 Å². The van der Waals surface area contributed by atoms with Crippen molar-refractivity contribution in [3.63, 3.8) is 0 Å². The number of ether oxygens (including phenoxy) is 1. The third kappa shape index (κ3) is 5.01. The maximum absolute atomic E-state index is 13.3. The van der Waals surface area contributed by atoms with Crippen LogP contribution in [-0.4, -0.2) is 60.6 Å². The summed E-state index contributed by atoms with van der Waals surface area (Å²) in [5.74, 6) is 0.0416. The summed E-state index contributed by atoms with van der Waals surface area (Å²) in [6.45, 7) is 8.67. The maximum Gasteiger partial charge on any atom is 0.407 e. The number of thiophene rings is 1. The summed E-state index contributed by atoms with van der Waals surface area (Å²) < 4.78 is 5.35. The molecule has 2 amide bonds. The van der Waals surface area contributed by atoms with Crippen LogP contribution in [0.1, 0.15) is 67.3 Å². The highest BCUT2D eigenvalue weighted by Crippen LogP contribution is 2.45. The van der Waals surface area contributed by atoms with E-state index in [0.29, 0.717) is 13.1 Å². The monoisotopic (exact) mass is 483 g/mol.